The molecule has 2 amide bonds. The summed E-state index contributed by atoms with van der Waals surface area (Å²) in [6, 6.07) is 2.67. The Kier molecular flexibility index (Phi) is 5.39. The van der Waals surface area contributed by atoms with Gasteiger partial charge in [0.05, 0.1) is 24.3 Å². The van der Waals surface area contributed by atoms with E-state index in [1.807, 2.05) is 0 Å². The number of carbonyl (C=O) groups excluding carboxylic acids is 2. The van der Waals surface area contributed by atoms with Gasteiger partial charge in [0, 0.05) is 24.2 Å². The van der Waals surface area contributed by atoms with Gasteiger partial charge in [-0.05, 0) is 25.0 Å². The third kappa shape index (κ3) is 3.99. The molecule has 9 heteroatoms. The average Bonchev–Trinajstić information content (AvgIpc) is 2.89. The topological polar surface area (TPSA) is 92.8 Å². The molecule has 24 heavy (non-hydrogen) atoms. The number of halogens is 1. The van der Waals surface area contributed by atoms with Crippen LogP contribution in [0.15, 0.2) is 12.1 Å². The average molecular weight is 375 g/mol. The molecule has 1 aliphatic rings. The Morgan fingerprint density at radius 2 is 2.04 bits per heavy atom. The van der Waals surface area contributed by atoms with Crippen molar-refractivity contribution >= 4 is 38.9 Å². The van der Waals surface area contributed by atoms with E-state index in [1.165, 1.54) is 19.1 Å². The Morgan fingerprint density at radius 1 is 1.38 bits per heavy atom. The van der Waals surface area contributed by atoms with Gasteiger partial charge in [0.1, 0.15) is 5.75 Å². The van der Waals surface area contributed by atoms with Crippen LogP contribution in [0.5, 0.6) is 5.75 Å². The van der Waals surface area contributed by atoms with E-state index >= 15 is 0 Å². The van der Waals surface area contributed by atoms with E-state index in [0.717, 1.165) is 5.56 Å². The van der Waals surface area contributed by atoms with Crippen LogP contribution in [0.4, 0.5) is 5.69 Å². The first-order chi connectivity index (χ1) is 11.1. The number of methoxy groups -OCH3 is 1. The highest BCUT2D eigenvalue weighted by atomic mass is 35.5. The summed E-state index contributed by atoms with van der Waals surface area (Å²) >= 11 is 6.00. The number of hydrogen-bond donors (Lipinski definition) is 1. The first kappa shape index (κ1) is 18.5. The number of aryl methyl sites for hydroxylation is 1. The second kappa shape index (κ2) is 6.98. The molecule has 1 aromatic rings. The van der Waals surface area contributed by atoms with E-state index in [4.69, 9.17) is 16.3 Å². The summed E-state index contributed by atoms with van der Waals surface area (Å²) in [6.45, 7) is 1.76. The van der Waals surface area contributed by atoms with E-state index in [2.05, 4.69) is 5.32 Å². The summed E-state index contributed by atoms with van der Waals surface area (Å²) in [5, 5.41) is 2.97. The monoisotopic (exact) mass is 374 g/mol. The van der Waals surface area contributed by atoms with Crippen LogP contribution in [0.2, 0.25) is 5.02 Å². The summed E-state index contributed by atoms with van der Waals surface area (Å²) in [7, 11) is -0.287. The number of sulfone groups is 1. The van der Waals surface area contributed by atoms with E-state index < -0.39 is 27.7 Å². The summed E-state index contributed by atoms with van der Waals surface area (Å²) in [5.41, 5.74) is 1.04. The van der Waals surface area contributed by atoms with Gasteiger partial charge in [-0.25, -0.2) is 8.42 Å². The van der Waals surface area contributed by atoms with Crippen LogP contribution in [-0.2, 0) is 19.4 Å². The molecule has 132 valence electrons. The molecule has 1 unspecified atom stereocenters. The van der Waals surface area contributed by atoms with Crippen molar-refractivity contribution in [3.63, 3.8) is 0 Å². The number of nitrogens with zero attached hydrogens (tertiary/aromatic N) is 1. The van der Waals surface area contributed by atoms with Crippen molar-refractivity contribution in [2.75, 3.05) is 31.0 Å². The predicted molar refractivity (Wildman–Crippen MR) is 91.2 cm³/mol. The number of benzene rings is 1. The molecule has 1 saturated heterocycles. The molecular weight excluding hydrogens is 356 g/mol. The number of rotatable bonds is 3. The summed E-state index contributed by atoms with van der Waals surface area (Å²) < 4.78 is 28.2. The zero-order valence-electron chi connectivity index (χ0n) is 13.6. The number of amides is 2. The largest absolute Gasteiger partial charge is 0.495 e. The highest BCUT2D eigenvalue weighted by Crippen LogP contribution is 2.31. The van der Waals surface area contributed by atoms with Crippen LogP contribution >= 0.6 is 11.6 Å². The van der Waals surface area contributed by atoms with Crippen molar-refractivity contribution in [3.05, 3.63) is 22.7 Å². The first-order valence-corrected chi connectivity index (χ1v) is 9.47. The fraction of sp³-hybridized carbons (Fsp3) is 0.467. The Labute approximate surface area is 145 Å². The van der Waals surface area contributed by atoms with Gasteiger partial charge in [-0.1, -0.05) is 11.6 Å². The lowest BCUT2D eigenvalue weighted by molar-refractivity contribution is -0.143. The third-order valence-corrected chi connectivity index (χ3v) is 6.16. The maximum atomic E-state index is 12.2. The quantitative estimate of drug-likeness (QED) is 0.803. The van der Waals surface area contributed by atoms with E-state index in [9.17, 15) is 18.0 Å². The molecule has 0 spiro atoms. The molecular formula is C15H19ClN2O5S. The van der Waals surface area contributed by atoms with Crippen LogP contribution < -0.4 is 10.1 Å². The standard InChI is InChI=1S/C15H19ClN2O5S/c1-9-6-12(13(23-3)7-11(9)16)17-14(19)15(20)18(2)10-4-5-24(21,22)8-10/h6-7,10H,4-5,8H2,1-3H3,(H,17,19). The Hall–Kier alpha value is -1.80. The lowest BCUT2D eigenvalue weighted by Gasteiger charge is -2.23. The van der Waals surface area contributed by atoms with E-state index in [-0.39, 0.29) is 11.5 Å². The SMILES string of the molecule is COc1cc(Cl)c(C)cc1NC(=O)C(=O)N(C)C1CCS(=O)(=O)C1. The minimum absolute atomic E-state index is 0.0289. The van der Waals surface area contributed by atoms with Crippen molar-refractivity contribution in [2.24, 2.45) is 0 Å². The number of ether oxygens (including phenoxy) is 1. The van der Waals surface area contributed by atoms with Gasteiger partial charge >= 0.3 is 11.8 Å². The maximum Gasteiger partial charge on any atom is 0.314 e. The fourth-order valence-electron chi connectivity index (χ4n) is 2.51. The molecule has 0 saturated carbocycles. The fourth-order valence-corrected chi connectivity index (χ4v) is 4.44. The molecule has 1 N–H and O–H groups in total. The van der Waals surface area contributed by atoms with Gasteiger partial charge < -0.3 is 15.0 Å². The second-order valence-corrected chi connectivity index (χ2v) is 8.36. The van der Waals surface area contributed by atoms with E-state index in [1.54, 1.807) is 19.1 Å². The van der Waals surface area contributed by atoms with Gasteiger partial charge in [-0.3, -0.25) is 9.59 Å². The molecule has 7 nitrogen and oxygen atoms in total. The molecule has 2 rings (SSSR count). The number of hydrogen-bond acceptors (Lipinski definition) is 5. The van der Waals surface area contributed by atoms with E-state index in [0.29, 0.717) is 22.9 Å². The summed E-state index contributed by atoms with van der Waals surface area (Å²) in [6.07, 6.45) is 0.335. The Balaban J connectivity index is 2.12. The molecule has 1 aromatic carbocycles. The van der Waals surface area contributed by atoms with Gasteiger partial charge in [0.15, 0.2) is 9.84 Å². The molecule has 0 aliphatic carbocycles. The number of nitrogens with one attached hydrogen (secondary N) is 1. The predicted octanol–water partition coefficient (Wildman–Crippen LogP) is 1.24. The maximum absolute atomic E-state index is 12.2. The number of likely N-dealkylation sites (N-methyl/N-ethyl adjacent to an activating group) is 1. The highest BCUT2D eigenvalue weighted by molar-refractivity contribution is 7.91. The van der Waals surface area contributed by atoms with Crippen LogP contribution in [-0.4, -0.2) is 56.8 Å². The molecule has 1 fully saturated rings. The molecule has 0 radical (unpaired) electrons. The lowest BCUT2D eigenvalue weighted by Crippen LogP contribution is -2.43. The van der Waals surface area contributed by atoms with Crippen LogP contribution in [0, 0.1) is 6.92 Å². The first-order valence-electron chi connectivity index (χ1n) is 7.27. The Bertz CT molecular complexity index is 778. The molecule has 1 aliphatic heterocycles. The van der Waals surface area contributed by atoms with Gasteiger partial charge in [0.25, 0.3) is 0 Å². The minimum Gasteiger partial charge on any atom is -0.495 e. The lowest BCUT2D eigenvalue weighted by atomic mass is 10.2. The molecule has 1 heterocycles. The summed E-state index contributed by atoms with van der Waals surface area (Å²) in [4.78, 5) is 25.6. The molecule has 0 aromatic heterocycles. The third-order valence-electron chi connectivity index (χ3n) is 4.00. The zero-order valence-corrected chi connectivity index (χ0v) is 15.2. The zero-order chi connectivity index (χ0) is 18.1. The second-order valence-electron chi connectivity index (χ2n) is 5.73. The molecule has 1 atom stereocenters. The van der Waals surface area contributed by atoms with Crippen molar-refractivity contribution in [1.29, 1.82) is 0 Å². The number of carbonyl (C=O) groups is 2. The molecule has 0 bridgehead atoms. The van der Waals surface area contributed by atoms with Crippen LogP contribution in [0.25, 0.3) is 0 Å². The van der Waals surface area contributed by atoms with Crippen molar-refractivity contribution in [2.45, 2.75) is 19.4 Å². The number of anilines is 1. The normalized spacial score (nSPS) is 18.9. The summed E-state index contributed by atoms with van der Waals surface area (Å²) in [5.74, 6) is -1.42. The smallest absolute Gasteiger partial charge is 0.314 e. The van der Waals surface area contributed by atoms with Crippen molar-refractivity contribution < 1.29 is 22.7 Å². The Morgan fingerprint density at radius 3 is 2.58 bits per heavy atom. The van der Waals surface area contributed by atoms with Gasteiger partial charge in [-0.15, -0.1) is 0 Å². The van der Waals surface area contributed by atoms with Gasteiger partial charge in [-0.2, -0.15) is 0 Å². The van der Waals surface area contributed by atoms with Crippen LogP contribution in [0.1, 0.15) is 12.0 Å². The van der Waals surface area contributed by atoms with Gasteiger partial charge in [0.2, 0.25) is 0 Å². The minimum atomic E-state index is -3.14. The van der Waals surface area contributed by atoms with Crippen molar-refractivity contribution in [1.82, 2.24) is 4.90 Å². The van der Waals surface area contributed by atoms with Crippen LogP contribution in [0.3, 0.4) is 0 Å². The highest BCUT2D eigenvalue weighted by Gasteiger charge is 2.34. The van der Waals surface area contributed by atoms with Crippen molar-refractivity contribution in [3.8, 4) is 5.75 Å².